The predicted molar refractivity (Wildman–Crippen MR) is 163 cm³/mol. The minimum atomic E-state index is -4.16. The summed E-state index contributed by atoms with van der Waals surface area (Å²) in [6.07, 6.45) is 0.708. The van der Waals surface area contributed by atoms with Crippen molar-refractivity contribution in [2.75, 3.05) is 17.5 Å². The summed E-state index contributed by atoms with van der Waals surface area (Å²) >= 11 is 12.3. The third-order valence-corrected chi connectivity index (χ3v) is 9.08. The molecule has 0 spiro atoms. The van der Waals surface area contributed by atoms with E-state index >= 15 is 0 Å². The first-order valence-electron chi connectivity index (χ1n) is 13.3. The maximum absolute atomic E-state index is 14.0. The molecular weight excluding hydrogens is 585 g/mol. The highest BCUT2D eigenvalue weighted by Gasteiger charge is 2.32. The van der Waals surface area contributed by atoms with Crippen LogP contribution in [-0.2, 0) is 26.2 Å². The molecule has 0 saturated carbocycles. The molecule has 3 aromatic carbocycles. The molecule has 0 aromatic heterocycles. The fourth-order valence-corrected chi connectivity index (χ4v) is 5.76. The van der Waals surface area contributed by atoms with Gasteiger partial charge in [-0.1, -0.05) is 54.4 Å². The summed E-state index contributed by atoms with van der Waals surface area (Å²) in [7, 11) is -4.16. The van der Waals surface area contributed by atoms with Crippen LogP contribution >= 0.6 is 23.2 Å². The van der Waals surface area contributed by atoms with Crippen LogP contribution in [0, 0.1) is 0 Å². The highest BCUT2D eigenvalue weighted by atomic mass is 35.5. The van der Waals surface area contributed by atoms with E-state index in [9.17, 15) is 18.0 Å². The van der Waals surface area contributed by atoms with E-state index in [1.54, 1.807) is 67.6 Å². The van der Waals surface area contributed by atoms with Gasteiger partial charge in [0, 0.05) is 12.6 Å². The standard InChI is InChI=1S/C30H35Cl2N3O5S/c1-5-21(3)33-30(37)22(4)34(19-23-12-17-27(31)28(32)18-23)29(36)20-35(24-13-15-25(16-14-24)40-6-2)41(38,39)26-10-8-7-9-11-26/h7-18,21-22H,5-6,19-20H2,1-4H3,(H,33,37)/t21-,22-/m1/s1. The second-order valence-electron chi connectivity index (χ2n) is 9.52. The molecule has 2 atom stereocenters. The van der Waals surface area contributed by atoms with E-state index in [0.29, 0.717) is 34.4 Å². The maximum atomic E-state index is 14.0. The molecule has 0 radical (unpaired) electrons. The van der Waals surface area contributed by atoms with Crippen LogP contribution in [0.15, 0.2) is 77.7 Å². The van der Waals surface area contributed by atoms with Crippen molar-refractivity contribution in [1.29, 1.82) is 0 Å². The number of nitrogens with one attached hydrogen (secondary N) is 1. The van der Waals surface area contributed by atoms with Gasteiger partial charge in [0.1, 0.15) is 18.3 Å². The Balaban J connectivity index is 2.03. The lowest BCUT2D eigenvalue weighted by Crippen LogP contribution is -2.52. The molecule has 0 aliphatic rings. The molecule has 2 amide bonds. The lowest BCUT2D eigenvalue weighted by atomic mass is 10.1. The SMILES string of the molecule is CCOc1ccc(N(CC(=O)N(Cc2ccc(Cl)c(Cl)c2)[C@H](C)C(=O)N[C@H](C)CC)S(=O)(=O)c2ccccc2)cc1. The molecule has 41 heavy (non-hydrogen) atoms. The van der Waals surface area contributed by atoms with Crippen molar-refractivity contribution in [2.24, 2.45) is 0 Å². The second kappa shape index (κ2) is 14.6. The van der Waals surface area contributed by atoms with Gasteiger partial charge < -0.3 is 15.0 Å². The Morgan fingerprint density at radius 2 is 1.59 bits per heavy atom. The zero-order valence-electron chi connectivity index (χ0n) is 23.5. The summed E-state index contributed by atoms with van der Waals surface area (Å²) in [5.74, 6) is -0.362. The van der Waals surface area contributed by atoms with E-state index in [1.807, 2.05) is 20.8 Å². The van der Waals surface area contributed by atoms with Crippen molar-refractivity contribution >= 4 is 50.7 Å². The van der Waals surface area contributed by atoms with Gasteiger partial charge in [0.15, 0.2) is 0 Å². The molecule has 3 rings (SSSR count). The first-order valence-corrected chi connectivity index (χ1v) is 15.5. The number of carbonyl (C=O) groups is 2. The molecule has 0 fully saturated rings. The number of hydrogen-bond acceptors (Lipinski definition) is 5. The van der Waals surface area contributed by atoms with Crippen LogP contribution in [0.3, 0.4) is 0 Å². The third kappa shape index (κ3) is 8.38. The largest absolute Gasteiger partial charge is 0.494 e. The highest BCUT2D eigenvalue weighted by Crippen LogP contribution is 2.27. The Kier molecular flexibility index (Phi) is 11.5. The smallest absolute Gasteiger partial charge is 0.264 e. The summed E-state index contributed by atoms with van der Waals surface area (Å²) in [5, 5.41) is 3.56. The lowest BCUT2D eigenvalue weighted by molar-refractivity contribution is -0.139. The molecule has 220 valence electrons. The number of hydrogen-bond donors (Lipinski definition) is 1. The van der Waals surface area contributed by atoms with Gasteiger partial charge in [0.25, 0.3) is 10.0 Å². The Morgan fingerprint density at radius 1 is 0.927 bits per heavy atom. The fraction of sp³-hybridized carbons (Fsp3) is 0.333. The Labute approximate surface area is 252 Å². The number of ether oxygens (including phenoxy) is 1. The van der Waals surface area contributed by atoms with Crippen LogP contribution in [0.2, 0.25) is 10.0 Å². The van der Waals surface area contributed by atoms with Crippen LogP contribution in [-0.4, -0.2) is 50.4 Å². The molecule has 1 N–H and O–H groups in total. The summed E-state index contributed by atoms with van der Waals surface area (Å²) in [4.78, 5) is 28.5. The van der Waals surface area contributed by atoms with Crippen LogP contribution in [0.25, 0.3) is 0 Å². The van der Waals surface area contributed by atoms with Crippen molar-refractivity contribution in [2.45, 2.75) is 57.6 Å². The number of rotatable bonds is 13. The number of nitrogens with zero attached hydrogens (tertiary/aromatic N) is 2. The van der Waals surface area contributed by atoms with Crippen molar-refractivity contribution in [1.82, 2.24) is 10.2 Å². The zero-order chi connectivity index (χ0) is 30.2. The van der Waals surface area contributed by atoms with E-state index in [4.69, 9.17) is 27.9 Å². The van der Waals surface area contributed by atoms with Gasteiger partial charge >= 0.3 is 0 Å². The Bertz CT molecular complexity index is 1440. The minimum absolute atomic E-state index is 0.00726. The third-order valence-electron chi connectivity index (χ3n) is 6.55. The average molecular weight is 621 g/mol. The van der Waals surface area contributed by atoms with Gasteiger partial charge in [0.05, 0.1) is 27.2 Å². The van der Waals surface area contributed by atoms with Crippen molar-refractivity contribution in [3.63, 3.8) is 0 Å². The number of carbonyl (C=O) groups excluding carboxylic acids is 2. The molecule has 8 nitrogen and oxygen atoms in total. The first kappa shape index (κ1) is 32.2. The topological polar surface area (TPSA) is 96.0 Å². The van der Waals surface area contributed by atoms with E-state index in [-0.39, 0.29) is 29.1 Å². The molecule has 0 aliphatic heterocycles. The number of benzene rings is 3. The van der Waals surface area contributed by atoms with Crippen molar-refractivity contribution in [3.05, 3.63) is 88.4 Å². The number of halogens is 2. The van der Waals surface area contributed by atoms with Crippen molar-refractivity contribution in [3.8, 4) is 5.75 Å². The first-order chi connectivity index (χ1) is 19.5. The Hall–Kier alpha value is -3.27. The summed E-state index contributed by atoms with van der Waals surface area (Å²) < 4.78 is 34.2. The van der Waals surface area contributed by atoms with Crippen LogP contribution < -0.4 is 14.4 Å². The quantitative estimate of drug-likeness (QED) is 0.256. The van der Waals surface area contributed by atoms with E-state index in [0.717, 1.165) is 4.31 Å². The molecule has 11 heteroatoms. The number of amides is 2. The summed E-state index contributed by atoms with van der Waals surface area (Å²) in [5.41, 5.74) is 0.909. The normalized spacial score (nSPS) is 12.7. The molecular formula is C30H35Cl2N3O5S. The second-order valence-corrected chi connectivity index (χ2v) is 12.2. The number of sulfonamides is 1. The Morgan fingerprint density at radius 3 is 2.17 bits per heavy atom. The lowest BCUT2D eigenvalue weighted by Gasteiger charge is -2.32. The van der Waals surface area contributed by atoms with Crippen LogP contribution in [0.4, 0.5) is 5.69 Å². The monoisotopic (exact) mass is 619 g/mol. The van der Waals surface area contributed by atoms with Gasteiger partial charge in [-0.2, -0.15) is 0 Å². The molecule has 0 heterocycles. The minimum Gasteiger partial charge on any atom is -0.494 e. The molecule has 0 bridgehead atoms. The van der Waals surface area contributed by atoms with Gasteiger partial charge in [-0.25, -0.2) is 8.42 Å². The van der Waals surface area contributed by atoms with Gasteiger partial charge in [-0.15, -0.1) is 0 Å². The van der Waals surface area contributed by atoms with Gasteiger partial charge in [0.2, 0.25) is 11.8 Å². The van der Waals surface area contributed by atoms with E-state index < -0.39 is 28.5 Å². The van der Waals surface area contributed by atoms with Crippen LogP contribution in [0.1, 0.15) is 39.7 Å². The summed E-state index contributed by atoms with van der Waals surface area (Å²) in [6, 6.07) is 18.3. The number of anilines is 1. The van der Waals surface area contributed by atoms with E-state index in [1.165, 1.54) is 17.0 Å². The van der Waals surface area contributed by atoms with Gasteiger partial charge in [-0.05, 0) is 81.3 Å². The van der Waals surface area contributed by atoms with E-state index in [2.05, 4.69) is 5.32 Å². The maximum Gasteiger partial charge on any atom is 0.264 e. The van der Waals surface area contributed by atoms with Gasteiger partial charge in [-0.3, -0.25) is 13.9 Å². The van der Waals surface area contributed by atoms with Crippen molar-refractivity contribution < 1.29 is 22.7 Å². The average Bonchev–Trinajstić information content (AvgIpc) is 2.96. The molecule has 0 unspecified atom stereocenters. The zero-order valence-corrected chi connectivity index (χ0v) is 25.8. The van der Waals surface area contributed by atoms with Crippen LogP contribution in [0.5, 0.6) is 5.75 Å². The molecule has 3 aromatic rings. The predicted octanol–water partition coefficient (Wildman–Crippen LogP) is 5.92. The molecule has 0 saturated heterocycles. The highest BCUT2D eigenvalue weighted by molar-refractivity contribution is 7.92. The fourth-order valence-electron chi connectivity index (χ4n) is 4.01. The molecule has 0 aliphatic carbocycles. The summed E-state index contributed by atoms with van der Waals surface area (Å²) in [6.45, 7) is 7.18.